The highest BCUT2D eigenvalue weighted by Gasteiger charge is 2.43. The van der Waals surface area contributed by atoms with Crippen molar-refractivity contribution in [3.8, 4) is 0 Å². The molecule has 3 atom stereocenters. The van der Waals surface area contributed by atoms with Crippen LogP contribution < -0.4 is 11.1 Å². The lowest BCUT2D eigenvalue weighted by Crippen LogP contribution is -2.47. The van der Waals surface area contributed by atoms with Gasteiger partial charge in [-0.15, -0.1) is 0 Å². The van der Waals surface area contributed by atoms with Gasteiger partial charge >= 0.3 is 0 Å². The number of halogens is 1. The zero-order valence-electron chi connectivity index (χ0n) is 11.4. The standard InChI is InChI=1S/C15H21ClN2O/c1-10(11-5-3-6-12(16)9-11)18-14(19)15(2)8-4-7-13(15)17/h3,5-6,9-10,13H,4,7-8,17H2,1-2H3,(H,18,19)/t10-,13?,15?/m1/s1. The minimum atomic E-state index is -0.438. The highest BCUT2D eigenvalue weighted by Crippen LogP contribution is 2.37. The number of nitrogens with two attached hydrogens (primary N) is 1. The lowest BCUT2D eigenvalue weighted by atomic mass is 9.84. The van der Waals surface area contributed by atoms with Gasteiger partial charge in [0, 0.05) is 11.1 Å². The molecule has 3 nitrogen and oxygen atoms in total. The first kappa shape index (κ1) is 14.4. The zero-order valence-corrected chi connectivity index (χ0v) is 12.2. The summed E-state index contributed by atoms with van der Waals surface area (Å²) in [6, 6.07) is 7.46. The van der Waals surface area contributed by atoms with Crippen LogP contribution in [0.25, 0.3) is 0 Å². The minimum Gasteiger partial charge on any atom is -0.349 e. The number of nitrogens with one attached hydrogen (secondary N) is 1. The zero-order chi connectivity index (χ0) is 14.0. The van der Waals surface area contributed by atoms with Crippen LogP contribution in [0.5, 0.6) is 0 Å². The summed E-state index contributed by atoms with van der Waals surface area (Å²) in [6.45, 7) is 3.93. The smallest absolute Gasteiger partial charge is 0.227 e. The highest BCUT2D eigenvalue weighted by molar-refractivity contribution is 6.30. The molecule has 1 amide bonds. The Morgan fingerprint density at radius 1 is 1.58 bits per heavy atom. The lowest BCUT2D eigenvalue weighted by molar-refractivity contribution is -0.131. The van der Waals surface area contributed by atoms with E-state index in [-0.39, 0.29) is 18.0 Å². The summed E-state index contributed by atoms with van der Waals surface area (Å²) in [7, 11) is 0. The number of benzene rings is 1. The maximum absolute atomic E-state index is 12.4. The maximum Gasteiger partial charge on any atom is 0.227 e. The molecule has 3 N–H and O–H groups in total. The molecule has 2 rings (SSSR count). The molecular weight excluding hydrogens is 260 g/mol. The van der Waals surface area contributed by atoms with Crippen molar-refractivity contribution in [1.29, 1.82) is 0 Å². The maximum atomic E-state index is 12.4. The molecule has 0 aromatic heterocycles. The van der Waals surface area contributed by atoms with Gasteiger partial charge in [0.15, 0.2) is 0 Å². The quantitative estimate of drug-likeness (QED) is 0.894. The van der Waals surface area contributed by atoms with Gasteiger partial charge in [-0.1, -0.05) is 30.2 Å². The van der Waals surface area contributed by atoms with Gasteiger partial charge in [0.2, 0.25) is 5.91 Å². The largest absolute Gasteiger partial charge is 0.349 e. The number of carbonyl (C=O) groups excluding carboxylic acids is 1. The van der Waals surface area contributed by atoms with Crippen LogP contribution in [0.15, 0.2) is 24.3 Å². The summed E-state index contributed by atoms with van der Waals surface area (Å²) in [5, 5.41) is 3.74. The first-order chi connectivity index (χ1) is 8.93. The van der Waals surface area contributed by atoms with Gasteiger partial charge in [0.05, 0.1) is 11.5 Å². The van der Waals surface area contributed by atoms with E-state index in [0.717, 1.165) is 24.8 Å². The summed E-state index contributed by atoms with van der Waals surface area (Å²) in [4.78, 5) is 12.4. The van der Waals surface area contributed by atoms with Gasteiger partial charge in [-0.25, -0.2) is 0 Å². The first-order valence-corrected chi connectivity index (χ1v) is 7.13. The van der Waals surface area contributed by atoms with Crippen molar-refractivity contribution >= 4 is 17.5 Å². The molecule has 0 saturated heterocycles. The second kappa shape index (κ2) is 5.51. The van der Waals surface area contributed by atoms with Crippen LogP contribution in [0, 0.1) is 5.41 Å². The summed E-state index contributed by atoms with van der Waals surface area (Å²) in [6.07, 6.45) is 2.81. The summed E-state index contributed by atoms with van der Waals surface area (Å²) in [5.41, 5.74) is 6.64. The van der Waals surface area contributed by atoms with Crippen molar-refractivity contribution < 1.29 is 4.79 Å². The number of hydrogen-bond donors (Lipinski definition) is 2. The van der Waals surface area contributed by atoms with E-state index in [1.165, 1.54) is 0 Å². The fourth-order valence-corrected chi connectivity index (χ4v) is 2.89. The Balaban J connectivity index is 2.07. The Hall–Kier alpha value is -1.06. The molecule has 1 aliphatic carbocycles. The van der Waals surface area contributed by atoms with E-state index >= 15 is 0 Å². The Morgan fingerprint density at radius 3 is 2.89 bits per heavy atom. The molecule has 1 aromatic rings. The van der Waals surface area contributed by atoms with Gasteiger partial charge in [0.1, 0.15) is 0 Å². The van der Waals surface area contributed by atoms with Crippen LogP contribution in [-0.4, -0.2) is 11.9 Å². The second-order valence-corrected chi connectivity index (χ2v) is 6.10. The van der Waals surface area contributed by atoms with Crippen molar-refractivity contribution in [3.63, 3.8) is 0 Å². The van der Waals surface area contributed by atoms with E-state index in [1.54, 1.807) is 0 Å². The molecule has 1 saturated carbocycles. The fourth-order valence-electron chi connectivity index (χ4n) is 2.70. The molecule has 1 aliphatic rings. The van der Waals surface area contributed by atoms with E-state index in [9.17, 15) is 4.79 Å². The monoisotopic (exact) mass is 280 g/mol. The molecule has 2 unspecified atom stereocenters. The van der Waals surface area contributed by atoms with Crippen LogP contribution in [0.3, 0.4) is 0 Å². The van der Waals surface area contributed by atoms with Crippen molar-refractivity contribution in [1.82, 2.24) is 5.32 Å². The van der Waals surface area contributed by atoms with Gasteiger partial charge in [-0.2, -0.15) is 0 Å². The molecule has 0 aliphatic heterocycles. The van der Waals surface area contributed by atoms with Crippen LogP contribution >= 0.6 is 11.6 Å². The van der Waals surface area contributed by atoms with Crippen molar-refractivity contribution in [2.75, 3.05) is 0 Å². The molecule has 0 radical (unpaired) electrons. The molecule has 0 heterocycles. The van der Waals surface area contributed by atoms with Crippen LogP contribution in [0.2, 0.25) is 5.02 Å². The average molecular weight is 281 g/mol. The Morgan fingerprint density at radius 2 is 2.32 bits per heavy atom. The number of amides is 1. The normalized spacial score (nSPS) is 28.1. The third-order valence-corrected chi connectivity index (χ3v) is 4.48. The molecule has 0 spiro atoms. The summed E-state index contributed by atoms with van der Waals surface area (Å²) >= 11 is 5.97. The topological polar surface area (TPSA) is 55.1 Å². The highest BCUT2D eigenvalue weighted by atomic mass is 35.5. The SMILES string of the molecule is C[C@@H](NC(=O)C1(C)CCCC1N)c1cccc(Cl)c1. The average Bonchev–Trinajstić information content (AvgIpc) is 2.71. The molecule has 1 fully saturated rings. The number of hydrogen-bond acceptors (Lipinski definition) is 2. The molecule has 4 heteroatoms. The van der Waals surface area contributed by atoms with E-state index in [2.05, 4.69) is 5.32 Å². The van der Waals surface area contributed by atoms with Crippen molar-refractivity contribution in [3.05, 3.63) is 34.9 Å². The van der Waals surface area contributed by atoms with Crippen LogP contribution in [-0.2, 0) is 4.79 Å². The molecule has 1 aromatic carbocycles. The number of carbonyl (C=O) groups is 1. The Labute approximate surface area is 119 Å². The van der Waals surface area contributed by atoms with Crippen LogP contribution in [0.4, 0.5) is 0 Å². The third kappa shape index (κ3) is 2.93. The van der Waals surface area contributed by atoms with Gasteiger partial charge in [-0.3, -0.25) is 4.79 Å². The van der Waals surface area contributed by atoms with Gasteiger partial charge < -0.3 is 11.1 Å². The van der Waals surface area contributed by atoms with E-state index in [1.807, 2.05) is 38.1 Å². The van der Waals surface area contributed by atoms with E-state index < -0.39 is 5.41 Å². The van der Waals surface area contributed by atoms with Gasteiger partial charge in [0.25, 0.3) is 0 Å². The Kier molecular flexibility index (Phi) is 4.16. The fraction of sp³-hybridized carbons (Fsp3) is 0.533. The molecule has 104 valence electrons. The minimum absolute atomic E-state index is 0.0425. The molecular formula is C15H21ClN2O. The van der Waals surface area contributed by atoms with Gasteiger partial charge in [-0.05, 0) is 44.4 Å². The predicted octanol–water partition coefficient (Wildman–Crippen LogP) is 3.03. The van der Waals surface area contributed by atoms with Crippen molar-refractivity contribution in [2.24, 2.45) is 11.1 Å². The lowest BCUT2D eigenvalue weighted by Gasteiger charge is -2.29. The van der Waals surface area contributed by atoms with E-state index in [0.29, 0.717) is 5.02 Å². The summed E-state index contributed by atoms with van der Waals surface area (Å²) < 4.78 is 0. The Bertz CT molecular complexity index is 477. The molecule has 19 heavy (non-hydrogen) atoms. The first-order valence-electron chi connectivity index (χ1n) is 6.75. The molecule has 0 bridgehead atoms. The number of rotatable bonds is 3. The predicted molar refractivity (Wildman–Crippen MR) is 77.9 cm³/mol. The summed E-state index contributed by atoms with van der Waals surface area (Å²) in [5.74, 6) is 0.0463. The van der Waals surface area contributed by atoms with E-state index in [4.69, 9.17) is 17.3 Å². The second-order valence-electron chi connectivity index (χ2n) is 5.67. The third-order valence-electron chi connectivity index (χ3n) is 4.24. The van der Waals surface area contributed by atoms with Crippen LogP contribution in [0.1, 0.15) is 44.7 Å². The van der Waals surface area contributed by atoms with Crippen molar-refractivity contribution in [2.45, 2.75) is 45.2 Å².